The van der Waals surface area contributed by atoms with Crippen molar-refractivity contribution in [3.05, 3.63) is 63.1 Å². The Kier molecular flexibility index (Phi) is 6.66. The SMILES string of the molecule is CC(c1cc2c(cc1Cl)C1CCCC1C(N)=N2)N(Cc1cccc(Cl)c1)C(=O)OC(C)(C)C. The van der Waals surface area contributed by atoms with Crippen LogP contribution in [0.2, 0.25) is 10.0 Å². The van der Waals surface area contributed by atoms with E-state index in [1.54, 1.807) is 4.90 Å². The first kappa shape index (κ1) is 23.9. The number of carbonyl (C=O) groups is 1. The van der Waals surface area contributed by atoms with Crippen LogP contribution in [0, 0.1) is 5.92 Å². The highest BCUT2D eigenvalue weighted by Crippen LogP contribution is 2.48. The Hall–Kier alpha value is -2.24. The van der Waals surface area contributed by atoms with E-state index in [4.69, 9.17) is 38.7 Å². The molecular weight excluding hydrogens is 457 g/mol. The molecular formula is C26H31Cl2N3O2. The highest BCUT2D eigenvalue weighted by Gasteiger charge is 2.37. The summed E-state index contributed by atoms with van der Waals surface area (Å²) in [5.74, 6) is 1.37. The lowest BCUT2D eigenvalue weighted by Crippen LogP contribution is -2.38. The fraction of sp³-hybridized carbons (Fsp3) is 0.462. The molecule has 176 valence electrons. The fourth-order valence-corrected chi connectivity index (χ4v) is 5.44. The second-order valence-electron chi connectivity index (χ2n) is 10.0. The van der Waals surface area contributed by atoms with E-state index in [0.717, 1.165) is 41.6 Å². The van der Waals surface area contributed by atoms with Crippen LogP contribution in [0.1, 0.15) is 75.6 Å². The third-order valence-corrected chi connectivity index (χ3v) is 7.04. The molecule has 33 heavy (non-hydrogen) atoms. The molecule has 1 fully saturated rings. The van der Waals surface area contributed by atoms with Gasteiger partial charge in [-0.1, -0.05) is 41.8 Å². The van der Waals surface area contributed by atoms with Crippen LogP contribution in [-0.2, 0) is 11.3 Å². The summed E-state index contributed by atoms with van der Waals surface area (Å²) in [4.78, 5) is 19.6. The second kappa shape index (κ2) is 9.19. The molecule has 2 aromatic carbocycles. The molecule has 0 radical (unpaired) electrons. The molecule has 0 aromatic heterocycles. The highest BCUT2D eigenvalue weighted by atomic mass is 35.5. The number of benzene rings is 2. The van der Waals surface area contributed by atoms with Gasteiger partial charge in [0.15, 0.2) is 0 Å². The number of hydrogen-bond donors (Lipinski definition) is 1. The lowest BCUT2D eigenvalue weighted by molar-refractivity contribution is 0.0153. The molecule has 7 heteroatoms. The normalized spacial score (nSPS) is 20.5. The number of nitrogens with zero attached hydrogens (tertiary/aromatic N) is 2. The number of aliphatic imine (C=N–C) groups is 1. The number of nitrogens with two attached hydrogens (primary N) is 1. The molecule has 1 aliphatic carbocycles. The van der Waals surface area contributed by atoms with E-state index in [-0.39, 0.29) is 6.04 Å². The molecule has 5 nitrogen and oxygen atoms in total. The number of hydrogen-bond acceptors (Lipinski definition) is 4. The van der Waals surface area contributed by atoms with Crippen molar-refractivity contribution >= 4 is 40.8 Å². The van der Waals surface area contributed by atoms with Crippen molar-refractivity contribution in [2.45, 2.75) is 71.1 Å². The van der Waals surface area contributed by atoms with Gasteiger partial charge in [-0.15, -0.1) is 0 Å². The van der Waals surface area contributed by atoms with Crippen molar-refractivity contribution in [3.63, 3.8) is 0 Å². The van der Waals surface area contributed by atoms with Gasteiger partial charge in [-0.05, 0) is 87.4 Å². The van der Waals surface area contributed by atoms with Crippen LogP contribution < -0.4 is 5.73 Å². The maximum atomic E-state index is 13.2. The minimum absolute atomic E-state index is 0.304. The van der Waals surface area contributed by atoms with Crippen molar-refractivity contribution in [2.75, 3.05) is 0 Å². The zero-order valence-electron chi connectivity index (χ0n) is 19.6. The summed E-state index contributed by atoms with van der Waals surface area (Å²) < 4.78 is 5.73. The van der Waals surface area contributed by atoms with Gasteiger partial charge >= 0.3 is 6.09 Å². The predicted octanol–water partition coefficient (Wildman–Crippen LogP) is 7.38. The Morgan fingerprint density at radius 3 is 2.64 bits per heavy atom. The number of carbonyl (C=O) groups excluding carboxylic acids is 1. The molecule has 1 aliphatic heterocycles. The van der Waals surface area contributed by atoms with Gasteiger partial charge in [0.1, 0.15) is 11.4 Å². The number of ether oxygens (including phenoxy) is 1. The van der Waals surface area contributed by atoms with E-state index < -0.39 is 11.7 Å². The quantitative estimate of drug-likeness (QED) is 0.488. The van der Waals surface area contributed by atoms with Crippen LogP contribution in [0.15, 0.2) is 41.4 Å². The average molecular weight is 488 g/mol. The Morgan fingerprint density at radius 2 is 1.94 bits per heavy atom. The number of amides is 1. The van der Waals surface area contributed by atoms with E-state index in [1.165, 1.54) is 0 Å². The first-order valence-electron chi connectivity index (χ1n) is 11.4. The Morgan fingerprint density at radius 1 is 1.21 bits per heavy atom. The Balaban J connectivity index is 1.71. The Labute approximate surface area is 205 Å². The molecule has 0 bridgehead atoms. The van der Waals surface area contributed by atoms with Crippen LogP contribution in [-0.4, -0.2) is 22.4 Å². The van der Waals surface area contributed by atoms with Gasteiger partial charge in [0.25, 0.3) is 0 Å². The minimum atomic E-state index is -0.626. The lowest BCUT2D eigenvalue weighted by Gasteiger charge is -2.33. The molecule has 1 saturated carbocycles. The maximum Gasteiger partial charge on any atom is 0.411 e. The largest absolute Gasteiger partial charge is 0.444 e. The topological polar surface area (TPSA) is 67.9 Å². The summed E-state index contributed by atoms with van der Waals surface area (Å²) in [5, 5.41) is 1.24. The summed E-state index contributed by atoms with van der Waals surface area (Å²) in [5.41, 5.74) is 9.42. The summed E-state index contributed by atoms with van der Waals surface area (Å²) in [6.45, 7) is 7.86. The second-order valence-corrected chi connectivity index (χ2v) is 10.9. The monoisotopic (exact) mass is 487 g/mol. The van der Waals surface area contributed by atoms with Gasteiger partial charge < -0.3 is 10.5 Å². The smallest absolute Gasteiger partial charge is 0.411 e. The van der Waals surface area contributed by atoms with Crippen LogP contribution in [0.3, 0.4) is 0 Å². The van der Waals surface area contributed by atoms with Crippen molar-refractivity contribution in [3.8, 4) is 0 Å². The van der Waals surface area contributed by atoms with Crippen LogP contribution >= 0.6 is 23.2 Å². The van der Waals surface area contributed by atoms with Crippen molar-refractivity contribution < 1.29 is 9.53 Å². The third-order valence-electron chi connectivity index (χ3n) is 6.48. The molecule has 0 saturated heterocycles. The van der Waals surface area contributed by atoms with Gasteiger partial charge in [0.2, 0.25) is 0 Å². The number of halogens is 2. The number of fused-ring (bicyclic) bond motifs is 3. The summed E-state index contributed by atoms with van der Waals surface area (Å²) in [7, 11) is 0. The van der Waals surface area contributed by atoms with Crippen molar-refractivity contribution in [2.24, 2.45) is 16.6 Å². The minimum Gasteiger partial charge on any atom is -0.444 e. The molecule has 1 heterocycles. The number of rotatable bonds is 4. The van der Waals surface area contributed by atoms with Gasteiger partial charge in [-0.3, -0.25) is 4.90 Å². The lowest BCUT2D eigenvalue weighted by atomic mass is 9.84. The summed E-state index contributed by atoms with van der Waals surface area (Å²) in [6.07, 6.45) is 2.90. The maximum absolute atomic E-state index is 13.2. The standard InChI is InChI=1S/C26H31Cl2N3O2/c1-15(31(25(32)33-26(2,3)4)14-16-7-5-8-17(27)11-16)20-13-23-21(12-22(20)28)18-9-6-10-19(18)24(29)30-23/h5,7-8,11-13,15,18-19H,6,9-10,14H2,1-4H3,(H2,29,30). The molecule has 1 amide bonds. The van der Waals surface area contributed by atoms with Gasteiger partial charge in [0, 0.05) is 22.5 Å². The van der Waals surface area contributed by atoms with Gasteiger partial charge in [-0.25, -0.2) is 9.79 Å². The van der Waals surface area contributed by atoms with E-state index in [0.29, 0.717) is 34.3 Å². The van der Waals surface area contributed by atoms with Crippen LogP contribution in [0.4, 0.5) is 10.5 Å². The third kappa shape index (κ3) is 5.15. The molecule has 2 aromatic rings. The highest BCUT2D eigenvalue weighted by molar-refractivity contribution is 6.31. The van der Waals surface area contributed by atoms with E-state index in [2.05, 4.69) is 0 Å². The zero-order chi connectivity index (χ0) is 23.9. The molecule has 2 aliphatic rings. The van der Waals surface area contributed by atoms with E-state index in [1.807, 2.05) is 64.1 Å². The molecule has 3 atom stereocenters. The first-order valence-corrected chi connectivity index (χ1v) is 12.2. The number of amidine groups is 1. The van der Waals surface area contributed by atoms with Crippen LogP contribution in [0.25, 0.3) is 0 Å². The molecule has 0 spiro atoms. The molecule has 2 N–H and O–H groups in total. The van der Waals surface area contributed by atoms with Crippen molar-refractivity contribution in [1.82, 2.24) is 4.90 Å². The summed E-state index contributed by atoms with van der Waals surface area (Å²) >= 11 is 13.0. The predicted molar refractivity (Wildman–Crippen MR) is 134 cm³/mol. The average Bonchev–Trinajstić information content (AvgIpc) is 3.21. The van der Waals surface area contributed by atoms with E-state index in [9.17, 15) is 4.79 Å². The van der Waals surface area contributed by atoms with E-state index >= 15 is 0 Å². The fourth-order valence-electron chi connectivity index (χ4n) is 4.90. The van der Waals surface area contributed by atoms with Crippen LogP contribution in [0.5, 0.6) is 0 Å². The van der Waals surface area contributed by atoms with Gasteiger partial charge in [-0.2, -0.15) is 0 Å². The Bertz CT molecular complexity index is 1090. The first-order chi connectivity index (χ1) is 15.5. The molecule has 4 rings (SSSR count). The zero-order valence-corrected chi connectivity index (χ0v) is 21.1. The van der Waals surface area contributed by atoms with Crippen molar-refractivity contribution in [1.29, 1.82) is 0 Å². The molecule has 3 unspecified atom stereocenters. The van der Waals surface area contributed by atoms with Gasteiger partial charge in [0.05, 0.1) is 11.7 Å². The summed E-state index contributed by atoms with van der Waals surface area (Å²) in [6, 6.07) is 11.1.